The highest BCUT2D eigenvalue weighted by Gasteiger charge is 2.09. The molecule has 27 heavy (non-hydrogen) atoms. The van der Waals surface area contributed by atoms with Crippen LogP contribution in [0.3, 0.4) is 0 Å². The Labute approximate surface area is 162 Å². The average molecular weight is 367 g/mol. The van der Waals surface area contributed by atoms with Crippen molar-refractivity contribution in [1.29, 1.82) is 0 Å². The van der Waals surface area contributed by atoms with E-state index in [1.165, 1.54) is 16.7 Å². The Morgan fingerprint density at radius 2 is 1.81 bits per heavy atom. The zero-order valence-corrected chi connectivity index (χ0v) is 16.7. The van der Waals surface area contributed by atoms with Gasteiger partial charge in [-0.1, -0.05) is 54.1 Å². The zero-order chi connectivity index (χ0) is 19.6. The normalized spacial score (nSPS) is 11.2. The fraction of sp³-hybridized carbons (Fsp3) is 0.364. The highest BCUT2D eigenvalue weighted by atomic mass is 16.2. The third-order valence-corrected chi connectivity index (χ3v) is 4.49. The van der Waals surface area contributed by atoms with Crippen LogP contribution < -0.4 is 10.6 Å². The molecule has 2 rings (SSSR count). The molecule has 0 radical (unpaired) electrons. The molecule has 0 heterocycles. The van der Waals surface area contributed by atoms with Gasteiger partial charge in [0.05, 0.1) is 0 Å². The number of hydrogen-bond acceptors (Lipinski definition) is 2. The van der Waals surface area contributed by atoms with E-state index in [-0.39, 0.29) is 5.91 Å². The first-order chi connectivity index (χ1) is 13.0. The van der Waals surface area contributed by atoms with Gasteiger partial charge in [-0.2, -0.15) is 0 Å². The average Bonchev–Trinajstić information content (AvgIpc) is 2.66. The number of nitrogens with one attached hydrogen (secondary N) is 2. The van der Waals surface area contributed by atoms with Gasteiger partial charge in [0, 0.05) is 40.2 Å². The van der Waals surface area contributed by atoms with E-state index in [1.807, 2.05) is 37.4 Å². The fourth-order valence-corrected chi connectivity index (χ4v) is 2.87. The largest absolute Gasteiger partial charge is 0.356 e. The molecule has 2 aromatic carbocycles. The summed E-state index contributed by atoms with van der Waals surface area (Å²) in [5.74, 6) is 0.810. The molecule has 0 aliphatic heterocycles. The number of rotatable bonds is 7. The van der Waals surface area contributed by atoms with E-state index in [2.05, 4.69) is 47.7 Å². The van der Waals surface area contributed by atoms with Crippen LogP contribution in [0.4, 0.5) is 0 Å². The van der Waals surface area contributed by atoms with Crippen LogP contribution in [0, 0.1) is 13.8 Å². The minimum Gasteiger partial charge on any atom is -0.356 e. The summed E-state index contributed by atoms with van der Waals surface area (Å²) in [5.41, 5.74) is 4.89. The molecule has 0 aliphatic carbocycles. The van der Waals surface area contributed by atoms with Gasteiger partial charge in [0.25, 0.3) is 0 Å². The summed E-state index contributed by atoms with van der Waals surface area (Å²) in [6.07, 6.45) is 0.424. The van der Waals surface area contributed by atoms with E-state index in [9.17, 15) is 4.79 Å². The van der Waals surface area contributed by atoms with Gasteiger partial charge >= 0.3 is 0 Å². The molecule has 0 saturated carbocycles. The summed E-state index contributed by atoms with van der Waals surface area (Å²) in [4.78, 5) is 18.3. The Balaban J connectivity index is 1.74. The van der Waals surface area contributed by atoms with Crippen LogP contribution >= 0.6 is 0 Å². The zero-order valence-electron chi connectivity index (χ0n) is 16.7. The Morgan fingerprint density at radius 1 is 1.07 bits per heavy atom. The van der Waals surface area contributed by atoms with Crippen LogP contribution in [-0.2, 0) is 17.9 Å². The number of guanidine groups is 1. The monoisotopic (exact) mass is 366 g/mol. The molecule has 0 aromatic heterocycles. The molecule has 1 amide bonds. The molecule has 144 valence electrons. The molecule has 5 heteroatoms. The SMILES string of the molecule is CN=C(NCCC(=O)N(C)Cc1ccccc1)NCc1ccc(C)cc1C. The lowest BCUT2D eigenvalue weighted by molar-refractivity contribution is -0.130. The Morgan fingerprint density at radius 3 is 2.48 bits per heavy atom. The number of amides is 1. The fourth-order valence-electron chi connectivity index (χ4n) is 2.87. The number of aliphatic imine (C=N–C) groups is 1. The van der Waals surface area contributed by atoms with Gasteiger partial charge in [0.2, 0.25) is 5.91 Å². The second-order valence-corrected chi connectivity index (χ2v) is 6.77. The number of hydrogen-bond donors (Lipinski definition) is 2. The number of carbonyl (C=O) groups is 1. The quantitative estimate of drug-likeness (QED) is 0.585. The van der Waals surface area contributed by atoms with E-state index >= 15 is 0 Å². The maximum absolute atomic E-state index is 12.3. The Hall–Kier alpha value is -2.82. The van der Waals surface area contributed by atoms with Crippen molar-refractivity contribution < 1.29 is 4.79 Å². The van der Waals surface area contributed by atoms with E-state index in [4.69, 9.17) is 0 Å². The minimum atomic E-state index is 0.108. The minimum absolute atomic E-state index is 0.108. The third-order valence-electron chi connectivity index (χ3n) is 4.49. The lowest BCUT2D eigenvalue weighted by Gasteiger charge is -2.18. The lowest BCUT2D eigenvalue weighted by Crippen LogP contribution is -2.39. The van der Waals surface area contributed by atoms with Crippen LogP contribution in [0.15, 0.2) is 53.5 Å². The molecule has 0 saturated heterocycles. The topological polar surface area (TPSA) is 56.7 Å². The van der Waals surface area contributed by atoms with Crippen molar-refractivity contribution in [3.05, 3.63) is 70.8 Å². The van der Waals surface area contributed by atoms with Gasteiger partial charge in [-0.05, 0) is 30.5 Å². The molecule has 0 aliphatic rings. The Bertz CT molecular complexity index is 771. The predicted molar refractivity (Wildman–Crippen MR) is 112 cm³/mol. The van der Waals surface area contributed by atoms with E-state index in [0.29, 0.717) is 32.0 Å². The van der Waals surface area contributed by atoms with Crippen molar-refractivity contribution in [3.8, 4) is 0 Å². The molecular weight excluding hydrogens is 336 g/mol. The number of nitrogens with zero attached hydrogens (tertiary/aromatic N) is 2. The second kappa shape index (κ2) is 10.4. The van der Waals surface area contributed by atoms with Crippen molar-refractivity contribution in [2.24, 2.45) is 4.99 Å². The molecule has 2 N–H and O–H groups in total. The summed E-state index contributed by atoms with van der Waals surface area (Å²) in [7, 11) is 3.57. The maximum atomic E-state index is 12.3. The van der Waals surface area contributed by atoms with Crippen molar-refractivity contribution in [1.82, 2.24) is 15.5 Å². The highest BCUT2D eigenvalue weighted by molar-refractivity contribution is 5.81. The first kappa shape index (κ1) is 20.5. The Kier molecular flexibility index (Phi) is 7.86. The number of benzene rings is 2. The van der Waals surface area contributed by atoms with Gasteiger partial charge in [-0.25, -0.2) is 0 Å². The molecule has 0 spiro atoms. The molecule has 0 unspecified atom stereocenters. The van der Waals surface area contributed by atoms with Crippen molar-refractivity contribution in [2.75, 3.05) is 20.6 Å². The summed E-state index contributed by atoms with van der Waals surface area (Å²) < 4.78 is 0. The van der Waals surface area contributed by atoms with Gasteiger partial charge in [0.1, 0.15) is 0 Å². The highest BCUT2D eigenvalue weighted by Crippen LogP contribution is 2.10. The molecular formula is C22H30N4O. The van der Waals surface area contributed by atoms with E-state index in [1.54, 1.807) is 11.9 Å². The van der Waals surface area contributed by atoms with Crippen LogP contribution in [0.5, 0.6) is 0 Å². The second-order valence-electron chi connectivity index (χ2n) is 6.77. The molecule has 0 atom stereocenters. The molecule has 0 bridgehead atoms. The summed E-state index contributed by atoms with van der Waals surface area (Å²) in [6.45, 7) is 6.08. The van der Waals surface area contributed by atoms with E-state index in [0.717, 1.165) is 5.56 Å². The van der Waals surface area contributed by atoms with Crippen molar-refractivity contribution in [3.63, 3.8) is 0 Å². The van der Waals surface area contributed by atoms with Crippen LogP contribution in [-0.4, -0.2) is 37.4 Å². The first-order valence-electron chi connectivity index (χ1n) is 9.28. The van der Waals surface area contributed by atoms with Crippen molar-refractivity contribution >= 4 is 11.9 Å². The third kappa shape index (κ3) is 6.77. The van der Waals surface area contributed by atoms with Gasteiger partial charge in [0.15, 0.2) is 5.96 Å². The summed E-state index contributed by atoms with van der Waals surface area (Å²) in [5, 5.41) is 6.51. The molecule has 0 fully saturated rings. The van der Waals surface area contributed by atoms with Crippen LogP contribution in [0.1, 0.15) is 28.7 Å². The van der Waals surface area contributed by atoms with Gasteiger partial charge < -0.3 is 15.5 Å². The van der Waals surface area contributed by atoms with Gasteiger partial charge in [-0.3, -0.25) is 9.79 Å². The van der Waals surface area contributed by atoms with Crippen LogP contribution in [0.2, 0.25) is 0 Å². The first-order valence-corrected chi connectivity index (χ1v) is 9.28. The molecule has 5 nitrogen and oxygen atoms in total. The summed E-state index contributed by atoms with van der Waals surface area (Å²) >= 11 is 0. The van der Waals surface area contributed by atoms with Crippen LogP contribution in [0.25, 0.3) is 0 Å². The summed E-state index contributed by atoms with van der Waals surface area (Å²) in [6, 6.07) is 16.4. The number of aryl methyl sites for hydroxylation is 2. The standard InChI is InChI=1S/C22H30N4O/c1-17-10-11-20(18(2)14-17)15-25-22(23-3)24-13-12-21(27)26(4)16-19-8-6-5-7-9-19/h5-11,14H,12-13,15-16H2,1-4H3,(H2,23,24,25). The molecule has 2 aromatic rings. The maximum Gasteiger partial charge on any atom is 0.224 e. The predicted octanol–water partition coefficient (Wildman–Crippen LogP) is 3.02. The lowest BCUT2D eigenvalue weighted by atomic mass is 10.1. The number of carbonyl (C=O) groups excluding carboxylic acids is 1. The van der Waals surface area contributed by atoms with E-state index < -0.39 is 0 Å². The van der Waals surface area contributed by atoms with Gasteiger partial charge in [-0.15, -0.1) is 0 Å². The smallest absolute Gasteiger partial charge is 0.224 e. The van der Waals surface area contributed by atoms with Crippen molar-refractivity contribution in [2.45, 2.75) is 33.4 Å².